The zero-order chi connectivity index (χ0) is 11.9. The Balaban J connectivity index is 2.26. The normalized spacial score (nSPS) is 10.7. The summed E-state index contributed by atoms with van der Waals surface area (Å²) < 4.78 is 7.14. The fraction of sp³-hybridized carbons (Fsp3) is 0.143. The molecule has 0 atom stereocenters. The summed E-state index contributed by atoms with van der Waals surface area (Å²) in [5.41, 5.74) is 0. The van der Waals surface area contributed by atoms with Gasteiger partial charge in [0, 0.05) is 11.0 Å². The van der Waals surface area contributed by atoms with Crippen LogP contribution in [-0.4, -0.2) is 20.1 Å². The van der Waals surface area contributed by atoms with Gasteiger partial charge in [-0.05, 0) is 10.4 Å². The highest BCUT2D eigenvalue weighted by molar-refractivity contribution is 14.1. The van der Waals surface area contributed by atoms with Gasteiger partial charge in [0.05, 0.1) is 0 Å². The quantitative estimate of drug-likeness (QED) is 0.453. The first-order chi connectivity index (χ1) is 8.42. The molecule has 0 aromatic heterocycles. The predicted octanol–water partition coefficient (Wildman–Crippen LogP) is 1.98. The molecule has 17 heavy (non-hydrogen) atoms. The van der Waals surface area contributed by atoms with E-state index in [2.05, 4.69) is 83.3 Å². The van der Waals surface area contributed by atoms with Crippen molar-refractivity contribution < 1.29 is 4.43 Å². The maximum atomic E-state index is 6.09. The van der Waals surface area contributed by atoms with Crippen molar-refractivity contribution in [2.75, 3.05) is 11.0 Å². The number of hydrogen-bond acceptors (Lipinski definition) is 1. The molecule has 0 heterocycles. The molecule has 0 aliphatic carbocycles. The van der Waals surface area contributed by atoms with Crippen LogP contribution in [0.25, 0.3) is 0 Å². The van der Waals surface area contributed by atoms with Crippen molar-refractivity contribution in [3.8, 4) is 0 Å². The fourth-order valence-corrected chi connectivity index (χ4v) is 4.80. The smallest absolute Gasteiger partial charge is 0.239 e. The molecular formula is C14H15IOSi. The predicted molar refractivity (Wildman–Crippen MR) is 84.1 cm³/mol. The Bertz CT molecular complexity index is 393. The monoisotopic (exact) mass is 354 g/mol. The molecule has 1 nitrogen and oxygen atoms in total. The van der Waals surface area contributed by atoms with E-state index in [0.717, 1.165) is 11.0 Å². The van der Waals surface area contributed by atoms with Crippen LogP contribution in [0.3, 0.4) is 0 Å². The first kappa shape index (κ1) is 12.8. The lowest BCUT2D eigenvalue weighted by atomic mass is 10.4. The van der Waals surface area contributed by atoms with Crippen molar-refractivity contribution in [1.82, 2.24) is 0 Å². The van der Waals surface area contributed by atoms with Crippen LogP contribution >= 0.6 is 22.6 Å². The molecule has 0 saturated heterocycles. The van der Waals surface area contributed by atoms with Gasteiger partial charge in [-0.15, -0.1) is 0 Å². The zero-order valence-corrected chi connectivity index (χ0v) is 12.9. The molecule has 0 fully saturated rings. The van der Waals surface area contributed by atoms with Gasteiger partial charge in [0.1, 0.15) is 0 Å². The van der Waals surface area contributed by atoms with Crippen LogP contribution in [0.2, 0.25) is 0 Å². The molecule has 0 N–H and O–H groups in total. The largest absolute Gasteiger partial charge is 0.410 e. The van der Waals surface area contributed by atoms with Gasteiger partial charge in [0.15, 0.2) is 0 Å². The summed E-state index contributed by atoms with van der Waals surface area (Å²) in [7, 11) is -1.47. The number of rotatable bonds is 5. The van der Waals surface area contributed by atoms with E-state index >= 15 is 0 Å². The van der Waals surface area contributed by atoms with Crippen molar-refractivity contribution in [2.45, 2.75) is 0 Å². The Morgan fingerprint density at radius 3 is 1.71 bits per heavy atom. The molecule has 0 unspecified atom stereocenters. The van der Waals surface area contributed by atoms with Gasteiger partial charge in [-0.2, -0.15) is 0 Å². The van der Waals surface area contributed by atoms with Crippen LogP contribution in [0, 0.1) is 0 Å². The highest BCUT2D eigenvalue weighted by Crippen LogP contribution is 1.95. The zero-order valence-electron chi connectivity index (χ0n) is 9.55. The minimum absolute atomic E-state index is 0.835. The van der Waals surface area contributed by atoms with Gasteiger partial charge in [0.25, 0.3) is 0 Å². The molecule has 2 aromatic carbocycles. The van der Waals surface area contributed by atoms with Gasteiger partial charge in [-0.3, -0.25) is 0 Å². The summed E-state index contributed by atoms with van der Waals surface area (Å²) in [5, 5.41) is 2.70. The third-order valence-electron chi connectivity index (χ3n) is 2.57. The van der Waals surface area contributed by atoms with Crippen LogP contribution in [0.1, 0.15) is 0 Å². The lowest BCUT2D eigenvalue weighted by Crippen LogP contribution is -2.45. The van der Waals surface area contributed by atoms with Crippen molar-refractivity contribution in [1.29, 1.82) is 0 Å². The molecule has 0 spiro atoms. The van der Waals surface area contributed by atoms with E-state index in [-0.39, 0.29) is 0 Å². The van der Waals surface area contributed by atoms with Crippen molar-refractivity contribution in [3.05, 3.63) is 60.7 Å². The second-order valence-corrected chi connectivity index (χ2v) is 7.27. The Kier molecular flexibility index (Phi) is 5.22. The van der Waals surface area contributed by atoms with Gasteiger partial charge >= 0.3 is 0 Å². The summed E-state index contributed by atoms with van der Waals surface area (Å²) >= 11 is 2.36. The molecule has 0 radical (unpaired) electrons. The topological polar surface area (TPSA) is 9.23 Å². The van der Waals surface area contributed by atoms with Crippen LogP contribution in [0.4, 0.5) is 0 Å². The highest BCUT2D eigenvalue weighted by Gasteiger charge is 2.16. The van der Waals surface area contributed by atoms with E-state index in [9.17, 15) is 0 Å². The number of hydrogen-bond donors (Lipinski definition) is 0. The first-order valence-corrected chi connectivity index (χ1v) is 8.84. The molecule has 0 saturated carbocycles. The molecule has 0 aliphatic heterocycles. The number of alkyl halides is 1. The van der Waals surface area contributed by atoms with E-state index in [1.165, 1.54) is 10.4 Å². The van der Waals surface area contributed by atoms with E-state index < -0.39 is 9.04 Å². The SMILES string of the molecule is ICCO[SiH](c1ccccc1)c1ccccc1. The third-order valence-corrected chi connectivity index (χ3v) is 5.56. The van der Waals surface area contributed by atoms with Gasteiger partial charge < -0.3 is 4.43 Å². The summed E-state index contributed by atoms with van der Waals surface area (Å²) in [6.07, 6.45) is 0. The molecule has 88 valence electrons. The molecule has 2 aromatic rings. The molecule has 0 bridgehead atoms. The Morgan fingerprint density at radius 2 is 1.29 bits per heavy atom. The summed E-state index contributed by atoms with van der Waals surface area (Å²) in [6, 6.07) is 21.2. The van der Waals surface area contributed by atoms with E-state index in [0.29, 0.717) is 0 Å². The van der Waals surface area contributed by atoms with Gasteiger partial charge in [0.2, 0.25) is 9.04 Å². The standard InChI is InChI=1S/C14H15IOSi/c15-11-12-16-17(13-7-3-1-4-8-13)14-9-5-2-6-10-14/h1-10,17H,11-12H2. The number of halogens is 1. The minimum Gasteiger partial charge on any atom is -0.410 e. The Labute approximate surface area is 118 Å². The Hall–Kier alpha value is -0.653. The van der Waals surface area contributed by atoms with Gasteiger partial charge in [-0.25, -0.2) is 0 Å². The number of benzene rings is 2. The van der Waals surface area contributed by atoms with Crippen molar-refractivity contribution >= 4 is 42.0 Å². The minimum atomic E-state index is -1.47. The average Bonchev–Trinajstić information content (AvgIpc) is 2.42. The Morgan fingerprint density at radius 1 is 0.824 bits per heavy atom. The lowest BCUT2D eigenvalue weighted by molar-refractivity contribution is 0.365. The summed E-state index contributed by atoms with van der Waals surface area (Å²) in [5.74, 6) is 0. The van der Waals surface area contributed by atoms with Crippen molar-refractivity contribution in [3.63, 3.8) is 0 Å². The first-order valence-electron chi connectivity index (χ1n) is 5.69. The molecule has 2 rings (SSSR count). The van der Waals surface area contributed by atoms with E-state index in [4.69, 9.17) is 4.43 Å². The molecular weight excluding hydrogens is 339 g/mol. The highest BCUT2D eigenvalue weighted by atomic mass is 127. The fourth-order valence-electron chi connectivity index (χ4n) is 1.80. The lowest BCUT2D eigenvalue weighted by Gasteiger charge is -2.16. The molecule has 0 aliphatic rings. The summed E-state index contributed by atoms with van der Waals surface area (Å²) in [4.78, 5) is 0. The third kappa shape index (κ3) is 3.66. The van der Waals surface area contributed by atoms with Crippen LogP contribution < -0.4 is 10.4 Å². The van der Waals surface area contributed by atoms with Crippen molar-refractivity contribution in [2.24, 2.45) is 0 Å². The average molecular weight is 354 g/mol. The van der Waals surface area contributed by atoms with Crippen LogP contribution in [-0.2, 0) is 4.43 Å². The van der Waals surface area contributed by atoms with E-state index in [1.807, 2.05) is 0 Å². The molecule has 3 heteroatoms. The second kappa shape index (κ2) is 6.93. The second-order valence-electron chi connectivity index (χ2n) is 3.76. The maximum Gasteiger partial charge on any atom is 0.239 e. The van der Waals surface area contributed by atoms with Gasteiger partial charge in [-0.1, -0.05) is 83.3 Å². The van der Waals surface area contributed by atoms with Crippen LogP contribution in [0.5, 0.6) is 0 Å². The van der Waals surface area contributed by atoms with E-state index in [1.54, 1.807) is 0 Å². The van der Waals surface area contributed by atoms with Crippen LogP contribution in [0.15, 0.2) is 60.7 Å². The maximum absolute atomic E-state index is 6.09. The summed E-state index contributed by atoms with van der Waals surface area (Å²) in [6.45, 7) is 0.835. The molecule has 0 amide bonds.